The van der Waals surface area contributed by atoms with E-state index in [0.717, 1.165) is 35.1 Å². The van der Waals surface area contributed by atoms with E-state index in [1.807, 2.05) is 36.1 Å². The molecule has 27 heavy (non-hydrogen) atoms. The maximum absolute atomic E-state index is 13.2. The molecule has 0 saturated carbocycles. The van der Waals surface area contributed by atoms with Crippen LogP contribution in [0.25, 0.3) is 0 Å². The van der Waals surface area contributed by atoms with E-state index in [0.29, 0.717) is 6.54 Å². The van der Waals surface area contributed by atoms with Crippen LogP contribution in [0.2, 0.25) is 0 Å². The number of nitrogens with zero attached hydrogens (tertiary/aromatic N) is 3. The summed E-state index contributed by atoms with van der Waals surface area (Å²) in [6, 6.07) is 18.6. The Hall–Kier alpha value is -2.66. The number of carbonyl (C=O) groups is 1. The van der Waals surface area contributed by atoms with Gasteiger partial charge in [0.05, 0.1) is 10.7 Å². The fourth-order valence-electron chi connectivity index (χ4n) is 3.51. The van der Waals surface area contributed by atoms with Crippen LogP contribution >= 0.6 is 11.3 Å². The Morgan fingerprint density at radius 2 is 1.81 bits per heavy atom. The van der Waals surface area contributed by atoms with Crippen molar-refractivity contribution >= 4 is 22.9 Å². The predicted molar refractivity (Wildman–Crippen MR) is 111 cm³/mol. The number of benzene rings is 2. The summed E-state index contributed by atoms with van der Waals surface area (Å²) in [6.07, 6.45) is 0.769. The third-order valence-electron chi connectivity index (χ3n) is 4.99. The number of aryl methyl sites for hydroxylation is 1. The number of hydrogen-bond donors (Lipinski definition) is 0. The van der Waals surface area contributed by atoms with Crippen LogP contribution < -0.4 is 4.90 Å². The van der Waals surface area contributed by atoms with Crippen LogP contribution in [0.1, 0.15) is 31.5 Å². The number of thiazole rings is 1. The first kappa shape index (κ1) is 17.7. The van der Waals surface area contributed by atoms with Gasteiger partial charge < -0.3 is 9.80 Å². The molecule has 1 aliphatic heterocycles. The smallest absolute Gasteiger partial charge is 0.266 e. The van der Waals surface area contributed by atoms with Crippen LogP contribution in [0.15, 0.2) is 54.6 Å². The first-order valence-electron chi connectivity index (χ1n) is 9.20. The van der Waals surface area contributed by atoms with Crippen molar-refractivity contribution in [1.29, 1.82) is 0 Å². The van der Waals surface area contributed by atoms with Gasteiger partial charge in [-0.05, 0) is 24.1 Å². The minimum absolute atomic E-state index is 0.0921. The number of hydrogen-bond acceptors (Lipinski definition) is 4. The van der Waals surface area contributed by atoms with Crippen molar-refractivity contribution in [2.45, 2.75) is 19.9 Å². The fourth-order valence-corrected chi connectivity index (χ4v) is 4.57. The summed E-state index contributed by atoms with van der Waals surface area (Å²) in [7, 11) is 2.09. The van der Waals surface area contributed by atoms with E-state index in [1.165, 1.54) is 28.2 Å². The third-order valence-corrected chi connectivity index (χ3v) is 6.14. The Bertz CT molecular complexity index is 951. The molecular weight excluding hydrogens is 354 g/mol. The van der Waals surface area contributed by atoms with Crippen LogP contribution in [0.3, 0.4) is 0 Å². The topological polar surface area (TPSA) is 36.4 Å². The third kappa shape index (κ3) is 3.74. The van der Waals surface area contributed by atoms with Crippen molar-refractivity contribution in [3.05, 3.63) is 81.3 Å². The minimum atomic E-state index is 0.0921. The molecule has 0 fully saturated rings. The summed E-state index contributed by atoms with van der Waals surface area (Å²) in [5, 5.41) is 0.995. The largest absolute Gasteiger partial charge is 0.373 e. The maximum atomic E-state index is 13.2. The van der Waals surface area contributed by atoms with Crippen LogP contribution in [-0.4, -0.2) is 35.9 Å². The molecule has 5 heteroatoms. The Kier molecular flexibility index (Phi) is 4.94. The van der Waals surface area contributed by atoms with E-state index in [9.17, 15) is 4.79 Å². The molecule has 138 valence electrons. The van der Waals surface area contributed by atoms with Crippen LogP contribution in [-0.2, 0) is 13.0 Å². The zero-order chi connectivity index (χ0) is 18.8. The summed E-state index contributed by atoms with van der Waals surface area (Å²) < 4.78 is 0. The SMILES string of the molecule is Cc1nc(Cc2ccccc2)sc1C(=O)N1CCN(C)c2ccccc2C1. The number of amides is 1. The van der Waals surface area contributed by atoms with Crippen molar-refractivity contribution in [3.8, 4) is 0 Å². The van der Waals surface area contributed by atoms with E-state index in [4.69, 9.17) is 0 Å². The van der Waals surface area contributed by atoms with Gasteiger partial charge in [0.25, 0.3) is 5.91 Å². The van der Waals surface area contributed by atoms with Crippen molar-refractivity contribution in [2.75, 3.05) is 25.0 Å². The lowest BCUT2D eigenvalue weighted by Gasteiger charge is -2.20. The Balaban J connectivity index is 1.56. The monoisotopic (exact) mass is 377 g/mol. The molecule has 3 aromatic rings. The molecule has 0 unspecified atom stereocenters. The Morgan fingerprint density at radius 1 is 1.07 bits per heavy atom. The number of anilines is 1. The first-order chi connectivity index (χ1) is 13.1. The van der Waals surface area contributed by atoms with Crippen LogP contribution in [0, 0.1) is 6.92 Å². The Morgan fingerprint density at radius 3 is 2.63 bits per heavy atom. The molecule has 0 atom stereocenters. The molecule has 1 aromatic heterocycles. The van der Waals surface area contributed by atoms with Gasteiger partial charge >= 0.3 is 0 Å². The van der Waals surface area contributed by atoms with Crippen LogP contribution in [0.5, 0.6) is 0 Å². The van der Waals surface area contributed by atoms with Gasteiger partial charge in [0.15, 0.2) is 0 Å². The number of rotatable bonds is 3. The van der Waals surface area contributed by atoms with Gasteiger partial charge in [-0.25, -0.2) is 4.98 Å². The van der Waals surface area contributed by atoms with Gasteiger partial charge in [-0.1, -0.05) is 48.5 Å². The lowest BCUT2D eigenvalue weighted by atomic mass is 10.1. The average molecular weight is 378 g/mol. The summed E-state index contributed by atoms with van der Waals surface area (Å²) in [5.74, 6) is 0.0921. The summed E-state index contributed by atoms with van der Waals surface area (Å²) in [6.45, 7) is 4.13. The normalized spacial score (nSPS) is 14.0. The minimum Gasteiger partial charge on any atom is -0.373 e. The molecule has 0 aliphatic carbocycles. The maximum Gasteiger partial charge on any atom is 0.266 e. The van der Waals surface area contributed by atoms with Crippen LogP contribution in [0.4, 0.5) is 5.69 Å². The summed E-state index contributed by atoms with van der Waals surface area (Å²) in [5.41, 5.74) is 4.45. The molecule has 1 aliphatic rings. The second-order valence-corrected chi connectivity index (χ2v) is 8.05. The zero-order valence-electron chi connectivity index (χ0n) is 15.7. The van der Waals surface area contributed by atoms with Gasteiger partial charge in [0.1, 0.15) is 4.88 Å². The number of aromatic nitrogens is 1. The van der Waals surface area contributed by atoms with Crippen molar-refractivity contribution in [1.82, 2.24) is 9.88 Å². The highest BCUT2D eigenvalue weighted by Gasteiger charge is 2.25. The first-order valence-corrected chi connectivity index (χ1v) is 10.0. The molecule has 4 nitrogen and oxygen atoms in total. The van der Waals surface area contributed by atoms with E-state index in [1.54, 1.807) is 0 Å². The van der Waals surface area contributed by atoms with Gasteiger partial charge in [-0.3, -0.25) is 4.79 Å². The standard InChI is InChI=1S/C22H23N3OS/c1-16-21(27-20(23-16)14-17-8-4-3-5-9-17)22(26)25-13-12-24(2)19-11-7-6-10-18(19)15-25/h3-11H,12-15H2,1-2H3. The molecule has 0 bridgehead atoms. The van der Waals surface area contributed by atoms with Crippen molar-refractivity contribution < 1.29 is 4.79 Å². The Labute approximate surface area is 164 Å². The highest BCUT2D eigenvalue weighted by Crippen LogP contribution is 2.27. The molecule has 1 amide bonds. The average Bonchev–Trinajstić information content (AvgIpc) is 2.95. The lowest BCUT2D eigenvalue weighted by molar-refractivity contribution is 0.0755. The zero-order valence-corrected chi connectivity index (χ0v) is 16.5. The van der Waals surface area contributed by atoms with E-state index < -0.39 is 0 Å². The van der Waals surface area contributed by atoms with Crippen molar-refractivity contribution in [2.24, 2.45) is 0 Å². The summed E-state index contributed by atoms with van der Waals surface area (Å²) >= 11 is 1.53. The van der Waals surface area contributed by atoms with E-state index in [-0.39, 0.29) is 5.91 Å². The molecule has 2 heterocycles. The van der Waals surface area contributed by atoms with Crippen molar-refractivity contribution in [3.63, 3.8) is 0 Å². The quantitative estimate of drug-likeness (QED) is 0.688. The molecule has 0 saturated heterocycles. The molecule has 0 spiro atoms. The lowest BCUT2D eigenvalue weighted by Crippen LogP contribution is -2.34. The number of para-hydroxylation sites is 1. The molecular formula is C22H23N3OS. The van der Waals surface area contributed by atoms with E-state index >= 15 is 0 Å². The second kappa shape index (κ2) is 7.53. The molecule has 4 rings (SSSR count). The summed E-state index contributed by atoms with van der Waals surface area (Å²) in [4.78, 5) is 22.8. The van der Waals surface area contributed by atoms with Gasteiger partial charge in [-0.15, -0.1) is 11.3 Å². The van der Waals surface area contributed by atoms with Gasteiger partial charge in [-0.2, -0.15) is 0 Å². The number of fused-ring (bicyclic) bond motifs is 1. The highest BCUT2D eigenvalue weighted by molar-refractivity contribution is 7.13. The fraction of sp³-hybridized carbons (Fsp3) is 0.273. The number of carbonyl (C=O) groups excluding carboxylic acids is 1. The van der Waals surface area contributed by atoms with Gasteiger partial charge in [0, 0.05) is 38.8 Å². The predicted octanol–water partition coefficient (Wildman–Crippen LogP) is 4.13. The molecule has 2 aromatic carbocycles. The molecule has 0 radical (unpaired) electrons. The van der Waals surface area contributed by atoms with E-state index in [2.05, 4.69) is 47.3 Å². The highest BCUT2D eigenvalue weighted by atomic mass is 32.1. The molecule has 0 N–H and O–H groups in total. The van der Waals surface area contributed by atoms with Gasteiger partial charge in [0.2, 0.25) is 0 Å². The second-order valence-electron chi connectivity index (χ2n) is 6.96. The number of likely N-dealkylation sites (N-methyl/N-ethyl adjacent to an activating group) is 1.